The molecular formula is C21H25ClN4O3. The van der Waals surface area contributed by atoms with Crippen LogP contribution in [-0.2, 0) is 20.7 Å². The van der Waals surface area contributed by atoms with Gasteiger partial charge in [-0.3, -0.25) is 9.59 Å². The van der Waals surface area contributed by atoms with E-state index in [0.717, 1.165) is 37.6 Å². The van der Waals surface area contributed by atoms with Crippen LogP contribution >= 0.6 is 11.6 Å². The van der Waals surface area contributed by atoms with Crippen LogP contribution < -0.4 is 10.2 Å². The zero-order valence-electron chi connectivity index (χ0n) is 16.4. The molecule has 2 heterocycles. The second-order valence-electron chi connectivity index (χ2n) is 6.77. The second kappa shape index (κ2) is 10.2. The van der Waals surface area contributed by atoms with E-state index in [-0.39, 0.29) is 24.8 Å². The number of hydrogen-bond acceptors (Lipinski definition) is 5. The normalized spacial score (nSPS) is 13.8. The summed E-state index contributed by atoms with van der Waals surface area (Å²) in [6.45, 7) is 5.48. The van der Waals surface area contributed by atoms with Gasteiger partial charge in [0.25, 0.3) is 0 Å². The molecule has 1 aromatic carbocycles. The predicted molar refractivity (Wildman–Crippen MR) is 113 cm³/mol. The Labute approximate surface area is 175 Å². The van der Waals surface area contributed by atoms with Gasteiger partial charge in [0.05, 0.1) is 26.2 Å². The predicted octanol–water partition coefficient (Wildman–Crippen LogP) is 2.60. The summed E-state index contributed by atoms with van der Waals surface area (Å²) in [5.74, 6) is -0.358. The highest BCUT2D eigenvalue weighted by Crippen LogP contribution is 2.19. The molecule has 0 unspecified atom stereocenters. The van der Waals surface area contributed by atoms with Gasteiger partial charge < -0.3 is 19.9 Å². The van der Waals surface area contributed by atoms with Crippen molar-refractivity contribution >= 4 is 34.8 Å². The number of ether oxygens (including phenoxy) is 1. The van der Waals surface area contributed by atoms with Crippen LogP contribution in [-0.4, -0.2) is 61.1 Å². The number of morpholine rings is 1. The highest BCUT2D eigenvalue weighted by atomic mass is 35.5. The fourth-order valence-corrected chi connectivity index (χ4v) is 3.24. The van der Waals surface area contributed by atoms with Gasteiger partial charge in [-0.1, -0.05) is 17.7 Å². The maximum absolute atomic E-state index is 12.5. The third-order valence-corrected chi connectivity index (χ3v) is 4.96. The summed E-state index contributed by atoms with van der Waals surface area (Å²) in [6.07, 6.45) is 1.75. The molecular weight excluding hydrogens is 392 g/mol. The number of amides is 2. The molecule has 0 aliphatic carbocycles. The van der Waals surface area contributed by atoms with Gasteiger partial charge in [0.15, 0.2) is 0 Å². The summed E-state index contributed by atoms with van der Waals surface area (Å²) in [7, 11) is 0. The lowest BCUT2D eigenvalue weighted by Gasteiger charge is -2.29. The molecule has 2 aromatic rings. The van der Waals surface area contributed by atoms with E-state index in [1.54, 1.807) is 18.3 Å². The first-order chi connectivity index (χ1) is 14.0. The van der Waals surface area contributed by atoms with E-state index in [1.165, 1.54) is 4.90 Å². The highest BCUT2D eigenvalue weighted by molar-refractivity contribution is 6.29. The van der Waals surface area contributed by atoms with Crippen LogP contribution in [0.25, 0.3) is 0 Å². The van der Waals surface area contributed by atoms with E-state index < -0.39 is 0 Å². The van der Waals surface area contributed by atoms with Gasteiger partial charge in [0, 0.05) is 37.2 Å². The number of halogens is 1. The Kier molecular flexibility index (Phi) is 7.43. The van der Waals surface area contributed by atoms with Gasteiger partial charge in [0.1, 0.15) is 5.15 Å². The van der Waals surface area contributed by atoms with Gasteiger partial charge >= 0.3 is 0 Å². The van der Waals surface area contributed by atoms with E-state index in [4.69, 9.17) is 16.3 Å². The number of nitrogens with zero attached hydrogens (tertiary/aromatic N) is 3. The number of pyridine rings is 1. The fraction of sp³-hybridized carbons (Fsp3) is 0.381. The van der Waals surface area contributed by atoms with Gasteiger partial charge in [-0.15, -0.1) is 0 Å². The fourth-order valence-electron chi connectivity index (χ4n) is 3.12. The molecule has 0 saturated carbocycles. The number of likely N-dealkylation sites (N-methyl/N-ethyl adjacent to an activating group) is 1. The molecule has 0 bridgehead atoms. The third kappa shape index (κ3) is 6.17. The molecule has 3 rings (SSSR count). The van der Waals surface area contributed by atoms with Crippen LogP contribution in [0.3, 0.4) is 0 Å². The largest absolute Gasteiger partial charge is 0.378 e. The minimum absolute atomic E-state index is 0.00155. The molecule has 0 atom stereocenters. The molecule has 8 heteroatoms. The molecule has 1 aliphatic heterocycles. The molecule has 0 spiro atoms. The average Bonchev–Trinajstić information content (AvgIpc) is 2.74. The molecule has 1 N–H and O–H groups in total. The van der Waals surface area contributed by atoms with E-state index in [2.05, 4.69) is 15.2 Å². The van der Waals surface area contributed by atoms with E-state index >= 15 is 0 Å². The van der Waals surface area contributed by atoms with Crippen LogP contribution in [0.1, 0.15) is 12.5 Å². The Balaban J connectivity index is 1.52. The molecule has 29 heavy (non-hydrogen) atoms. The number of carbonyl (C=O) groups excluding carboxylic acids is 2. The number of hydrogen-bond donors (Lipinski definition) is 1. The highest BCUT2D eigenvalue weighted by Gasteiger charge is 2.17. The molecule has 1 saturated heterocycles. The van der Waals surface area contributed by atoms with Crippen molar-refractivity contribution in [3.05, 3.63) is 53.3 Å². The average molecular weight is 417 g/mol. The van der Waals surface area contributed by atoms with Gasteiger partial charge in [0.2, 0.25) is 11.8 Å². The summed E-state index contributed by atoms with van der Waals surface area (Å²) in [4.78, 5) is 32.7. The Hall–Kier alpha value is -2.64. The molecule has 2 amide bonds. The molecule has 1 fully saturated rings. The Bertz CT molecular complexity index is 821. The quantitative estimate of drug-likeness (QED) is 0.702. The minimum Gasteiger partial charge on any atom is -0.378 e. The van der Waals surface area contributed by atoms with Crippen LogP contribution in [0, 0.1) is 0 Å². The number of benzene rings is 1. The van der Waals surface area contributed by atoms with Crippen LogP contribution in [0.2, 0.25) is 5.15 Å². The zero-order chi connectivity index (χ0) is 20.6. The summed E-state index contributed by atoms with van der Waals surface area (Å²) in [6, 6.07) is 11.1. The van der Waals surface area contributed by atoms with Gasteiger partial charge in [-0.2, -0.15) is 0 Å². The van der Waals surface area contributed by atoms with Crippen LogP contribution in [0.4, 0.5) is 11.4 Å². The van der Waals surface area contributed by atoms with Crippen molar-refractivity contribution in [1.82, 2.24) is 9.88 Å². The summed E-state index contributed by atoms with van der Waals surface area (Å²) >= 11 is 5.77. The molecule has 1 aliphatic rings. The van der Waals surface area contributed by atoms with Crippen LogP contribution in [0.5, 0.6) is 0 Å². The lowest BCUT2D eigenvalue weighted by Crippen LogP contribution is -2.38. The molecule has 7 nitrogen and oxygen atoms in total. The van der Waals surface area contributed by atoms with E-state index in [0.29, 0.717) is 17.4 Å². The third-order valence-electron chi connectivity index (χ3n) is 4.74. The van der Waals surface area contributed by atoms with Crippen LogP contribution in [0.15, 0.2) is 42.6 Å². The maximum atomic E-state index is 12.5. The van der Waals surface area contributed by atoms with Crippen molar-refractivity contribution in [2.75, 3.05) is 49.6 Å². The Morgan fingerprint density at radius 1 is 1.17 bits per heavy atom. The van der Waals surface area contributed by atoms with Crippen molar-refractivity contribution in [1.29, 1.82) is 0 Å². The summed E-state index contributed by atoms with van der Waals surface area (Å²) < 4.78 is 5.37. The topological polar surface area (TPSA) is 74.8 Å². The first-order valence-corrected chi connectivity index (χ1v) is 10.0. The van der Waals surface area contributed by atoms with Crippen molar-refractivity contribution in [3.63, 3.8) is 0 Å². The van der Waals surface area contributed by atoms with Crippen molar-refractivity contribution < 1.29 is 14.3 Å². The van der Waals surface area contributed by atoms with Crippen molar-refractivity contribution in [3.8, 4) is 0 Å². The second-order valence-corrected chi connectivity index (χ2v) is 7.16. The van der Waals surface area contributed by atoms with Gasteiger partial charge in [-0.05, 0) is 42.8 Å². The van der Waals surface area contributed by atoms with Crippen molar-refractivity contribution in [2.24, 2.45) is 0 Å². The van der Waals surface area contributed by atoms with Gasteiger partial charge in [-0.25, -0.2) is 4.98 Å². The number of aromatic nitrogens is 1. The number of anilines is 2. The Morgan fingerprint density at radius 2 is 1.90 bits per heavy atom. The number of rotatable bonds is 7. The zero-order valence-corrected chi connectivity index (χ0v) is 17.2. The molecule has 154 valence electrons. The van der Waals surface area contributed by atoms with E-state index in [9.17, 15) is 9.59 Å². The maximum Gasteiger partial charge on any atom is 0.243 e. The number of carbonyl (C=O) groups is 2. The first-order valence-electron chi connectivity index (χ1n) is 9.66. The lowest BCUT2D eigenvalue weighted by atomic mass is 10.2. The molecule has 1 aromatic heterocycles. The SMILES string of the molecule is CCN(CC(=O)Nc1ccc(N2CCOCC2)cc1)C(=O)Cc1ccc(Cl)nc1. The smallest absolute Gasteiger partial charge is 0.243 e. The van der Waals surface area contributed by atoms with E-state index in [1.807, 2.05) is 31.2 Å². The first kappa shape index (κ1) is 21.1. The standard InChI is InChI=1S/C21H25ClN4O3/c1-2-25(21(28)13-16-3-8-19(22)23-14-16)15-20(27)24-17-4-6-18(7-5-17)26-9-11-29-12-10-26/h3-8,14H,2,9-13,15H2,1H3,(H,24,27). The van der Waals surface area contributed by atoms with Crippen molar-refractivity contribution in [2.45, 2.75) is 13.3 Å². The monoisotopic (exact) mass is 416 g/mol. The minimum atomic E-state index is -0.228. The summed E-state index contributed by atoms with van der Waals surface area (Å²) in [5, 5.41) is 3.24. The lowest BCUT2D eigenvalue weighted by molar-refractivity contribution is -0.133. The number of nitrogens with one attached hydrogen (secondary N) is 1. The Morgan fingerprint density at radius 3 is 2.52 bits per heavy atom. The summed E-state index contributed by atoms with van der Waals surface area (Å²) in [5.41, 5.74) is 2.57. The molecule has 0 radical (unpaired) electrons.